The molecule has 0 bridgehead atoms. The van der Waals surface area contributed by atoms with Gasteiger partial charge in [-0.2, -0.15) is 0 Å². The van der Waals surface area contributed by atoms with Crippen LogP contribution in [0.3, 0.4) is 0 Å². The van der Waals surface area contributed by atoms with Crippen LogP contribution in [0.1, 0.15) is 29.5 Å². The van der Waals surface area contributed by atoms with Crippen LogP contribution in [0.5, 0.6) is 5.75 Å². The molecule has 1 aliphatic rings. The van der Waals surface area contributed by atoms with Gasteiger partial charge in [-0.25, -0.2) is 0 Å². The molecular formula is C18H20BHoO. The molecule has 2 aromatic rings. The standard InChI is InChI=1S/C18H20BO.Ho/c1-19-17-11-12-18(16-10-6-5-9-15(16)17)20-13-14-7-3-2-4-8-14;/h2-4,7-8,11-12H,5-6,9-10,13H2,1H3;/q+1;-1. The zero-order valence-electron chi connectivity index (χ0n) is 12.4. The zero-order chi connectivity index (χ0) is 14.7. The Hall–Kier alpha value is -0.435. The molecular weight excluding hydrogens is 408 g/mol. The summed E-state index contributed by atoms with van der Waals surface area (Å²) in [4.78, 5) is 0. The first kappa shape index (κ1) is 15.5. The molecule has 0 amide bonds. The molecule has 0 N–H and O–H groups in total. The molecule has 0 aliphatic heterocycles. The van der Waals surface area contributed by atoms with Crippen molar-refractivity contribution in [2.75, 3.05) is 0 Å². The molecule has 0 fully saturated rings. The molecule has 0 radical (unpaired) electrons. The number of fused-ring (bicyclic) bond motifs is 1. The third kappa shape index (κ3) is 3.67. The summed E-state index contributed by atoms with van der Waals surface area (Å²) in [6.07, 6.45) is 4.96. The van der Waals surface area contributed by atoms with Crippen molar-refractivity contribution in [2.45, 2.75) is 39.1 Å². The average Bonchev–Trinajstić information content (AvgIpc) is 2.53. The van der Waals surface area contributed by atoms with Crippen molar-refractivity contribution in [3.8, 4) is 5.75 Å². The summed E-state index contributed by atoms with van der Waals surface area (Å²) in [6.45, 7) is 2.92. The summed E-state index contributed by atoms with van der Waals surface area (Å²) in [5.74, 6) is 1.09. The number of ether oxygens (including phenoxy) is 1. The number of benzene rings is 2. The molecule has 0 unspecified atom stereocenters. The second-order valence-electron chi connectivity index (χ2n) is 5.64. The van der Waals surface area contributed by atoms with Gasteiger partial charge in [0.25, 0.3) is 0 Å². The summed E-state index contributed by atoms with van der Waals surface area (Å²) in [5, 5.41) is 0. The van der Waals surface area contributed by atoms with Gasteiger partial charge >= 0.3 is 152 Å². The first-order valence-corrected chi connectivity index (χ1v) is 8.78. The molecule has 21 heavy (non-hydrogen) atoms. The maximum atomic E-state index is 6.12. The topological polar surface area (TPSA) is 9.23 Å². The van der Waals surface area contributed by atoms with Crippen LogP contribution in [0.4, 0.5) is 0 Å². The Balaban J connectivity index is 1.85. The minimum atomic E-state index is 0.542. The number of hydrogen-bond donors (Lipinski definition) is 0. The van der Waals surface area contributed by atoms with E-state index in [9.17, 15) is 0 Å². The normalized spacial score (nSPS) is 13.7. The van der Waals surface area contributed by atoms with Crippen LogP contribution in [0.15, 0.2) is 42.5 Å². The third-order valence-corrected chi connectivity index (χ3v) is 4.77. The average molecular weight is 428 g/mol. The summed E-state index contributed by atoms with van der Waals surface area (Å²) in [5.41, 5.74) is 5.71. The quantitative estimate of drug-likeness (QED) is 0.678. The molecule has 3 heteroatoms. The molecule has 0 spiro atoms. The van der Waals surface area contributed by atoms with Crippen molar-refractivity contribution in [3.63, 3.8) is 0 Å². The Morgan fingerprint density at radius 2 is 1.71 bits per heavy atom. The minimum absolute atomic E-state index is 0.542. The third-order valence-electron chi connectivity index (χ3n) is 4.17. The van der Waals surface area contributed by atoms with Crippen LogP contribution in [0.2, 0.25) is 6.82 Å². The fourth-order valence-corrected chi connectivity index (χ4v) is 3.61. The predicted octanol–water partition coefficient (Wildman–Crippen LogP) is 3.52. The Kier molecular flexibility index (Phi) is 5.31. The van der Waals surface area contributed by atoms with Crippen LogP contribution >= 0.6 is 0 Å². The summed E-state index contributed by atoms with van der Waals surface area (Å²) < 4.78 is 6.66. The van der Waals surface area contributed by atoms with Crippen molar-refractivity contribution in [2.24, 2.45) is 0 Å². The summed E-state index contributed by atoms with van der Waals surface area (Å²) in [7, 11) is 0. The first-order valence-electron chi connectivity index (χ1n) is 7.66. The summed E-state index contributed by atoms with van der Waals surface area (Å²) >= 11 is 2.71. The predicted molar refractivity (Wildman–Crippen MR) is 85.1 cm³/mol. The Labute approximate surface area is 151 Å². The summed E-state index contributed by atoms with van der Waals surface area (Å²) in [6, 6.07) is 14.8. The van der Waals surface area contributed by atoms with E-state index in [1.54, 1.807) is 5.56 Å². The van der Waals surface area contributed by atoms with E-state index in [-0.39, 0.29) is 0 Å². The maximum absolute atomic E-state index is 6.12. The Morgan fingerprint density at radius 3 is 2.43 bits per heavy atom. The van der Waals surface area contributed by atoms with Crippen molar-refractivity contribution in [1.29, 1.82) is 0 Å². The van der Waals surface area contributed by atoms with Crippen molar-refractivity contribution >= 4 is 7.99 Å². The van der Waals surface area contributed by atoms with E-state index in [4.69, 9.17) is 4.74 Å². The van der Waals surface area contributed by atoms with Gasteiger partial charge in [-0.3, -0.25) is 0 Å². The second kappa shape index (κ2) is 7.22. The molecule has 3 rings (SSSR count). The van der Waals surface area contributed by atoms with E-state index in [2.05, 4.69) is 78.7 Å². The van der Waals surface area contributed by atoms with Gasteiger partial charge in [0.1, 0.15) is 0 Å². The van der Waals surface area contributed by atoms with Gasteiger partial charge < -0.3 is 0 Å². The molecule has 1 aliphatic carbocycles. The fraction of sp³-hybridized carbons (Fsp3) is 0.333. The van der Waals surface area contributed by atoms with E-state index in [0.29, 0.717) is 9.13 Å². The van der Waals surface area contributed by atoms with Gasteiger partial charge in [-0.05, 0) is 0 Å². The van der Waals surface area contributed by atoms with Crippen molar-refractivity contribution in [1.82, 2.24) is 0 Å². The van der Waals surface area contributed by atoms with Gasteiger partial charge in [-0.15, -0.1) is 0 Å². The van der Waals surface area contributed by atoms with E-state index >= 15 is 0 Å². The molecule has 0 atom stereocenters. The molecule has 0 aromatic heterocycles. The fourth-order valence-electron chi connectivity index (χ4n) is 3.09. The van der Waals surface area contributed by atoms with Crippen LogP contribution in [-0.2, 0) is 19.4 Å². The van der Waals surface area contributed by atoms with Crippen molar-refractivity contribution < 1.29 is 40.2 Å². The van der Waals surface area contributed by atoms with E-state index in [1.165, 1.54) is 35.9 Å². The van der Waals surface area contributed by atoms with Gasteiger partial charge in [0, 0.05) is 0 Å². The van der Waals surface area contributed by atoms with Gasteiger partial charge in [0.2, 0.25) is 0 Å². The molecule has 112 valence electrons. The van der Waals surface area contributed by atoms with Gasteiger partial charge in [0.05, 0.1) is 0 Å². The van der Waals surface area contributed by atoms with Crippen LogP contribution in [-0.4, -0.2) is 2.53 Å². The number of rotatable bonds is 4. The van der Waals surface area contributed by atoms with Gasteiger partial charge in [-0.1, -0.05) is 0 Å². The first-order chi connectivity index (χ1) is 10.3. The molecule has 0 heterocycles. The number of hydrogen-bond acceptors (Lipinski definition) is 1. The van der Waals surface area contributed by atoms with Crippen LogP contribution < -0.4 is 10.2 Å². The molecule has 1 nitrogen and oxygen atoms in total. The van der Waals surface area contributed by atoms with Gasteiger partial charge in [0.15, 0.2) is 0 Å². The molecule has 0 saturated carbocycles. The van der Waals surface area contributed by atoms with E-state index in [0.717, 1.165) is 12.2 Å². The van der Waals surface area contributed by atoms with Crippen molar-refractivity contribution in [3.05, 3.63) is 59.2 Å². The Morgan fingerprint density at radius 1 is 1.00 bits per heavy atom. The van der Waals surface area contributed by atoms with Crippen LogP contribution in [0, 0.1) is 35.5 Å². The SMILES string of the molecule is C[B]([Ho])c1ccc(OCc2ccccc2)c2c1CCCC2. The molecule has 2 aromatic carbocycles. The van der Waals surface area contributed by atoms with E-state index < -0.39 is 0 Å². The monoisotopic (exact) mass is 428 g/mol. The van der Waals surface area contributed by atoms with E-state index in [1.807, 2.05) is 6.07 Å². The second-order valence-corrected chi connectivity index (χ2v) is 7.32. The molecule has 0 saturated heterocycles. The van der Waals surface area contributed by atoms with Crippen LogP contribution in [0.25, 0.3) is 0 Å². The zero-order valence-corrected chi connectivity index (χ0v) is 14.3. The Bertz CT molecular complexity index is 610.